The largest absolute Gasteiger partial charge is 0.348 e. The molecule has 0 aromatic carbocycles. The van der Waals surface area contributed by atoms with E-state index in [2.05, 4.69) is 55.4 Å². The molecule has 1 aromatic rings. The lowest BCUT2D eigenvalue weighted by molar-refractivity contribution is 0.400. The van der Waals surface area contributed by atoms with E-state index in [1.807, 2.05) is 0 Å². The summed E-state index contributed by atoms with van der Waals surface area (Å²) in [5, 5.41) is 6.73. The van der Waals surface area contributed by atoms with Crippen molar-refractivity contribution in [1.29, 1.82) is 0 Å². The summed E-state index contributed by atoms with van der Waals surface area (Å²) in [6, 6.07) is 0.507. The van der Waals surface area contributed by atoms with Gasteiger partial charge in [-0.15, -0.1) is 11.3 Å². The fourth-order valence-corrected chi connectivity index (χ4v) is 2.72. The fourth-order valence-electron chi connectivity index (χ4n) is 1.80. The van der Waals surface area contributed by atoms with Crippen LogP contribution in [0.4, 0.5) is 5.13 Å². The lowest BCUT2D eigenvalue weighted by atomic mass is 10.3. The zero-order chi connectivity index (χ0) is 14.3. The van der Waals surface area contributed by atoms with Crippen LogP contribution in [-0.4, -0.2) is 49.7 Å². The molecule has 19 heavy (non-hydrogen) atoms. The van der Waals surface area contributed by atoms with E-state index in [1.165, 1.54) is 6.42 Å². The minimum Gasteiger partial charge on any atom is -0.348 e. The van der Waals surface area contributed by atoms with Crippen molar-refractivity contribution in [3.8, 4) is 0 Å². The number of hydrogen-bond donors (Lipinski definition) is 1. The van der Waals surface area contributed by atoms with Crippen molar-refractivity contribution in [2.24, 2.45) is 0 Å². The number of aromatic nitrogens is 1. The molecule has 4 nitrogen and oxygen atoms in total. The van der Waals surface area contributed by atoms with Crippen LogP contribution in [0.25, 0.3) is 0 Å². The van der Waals surface area contributed by atoms with Crippen molar-refractivity contribution in [2.45, 2.75) is 39.8 Å². The number of anilines is 1. The second-order valence-corrected chi connectivity index (χ2v) is 6.23. The van der Waals surface area contributed by atoms with Crippen LogP contribution < -0.4 is 10.2 Å². The van der Waals surface area contributed by atoms with Crippen LogP contribution in [-0.2, 0) is 6.54 Å². The van der Waals surface area contributed by atoms with Gasteiger partial charge < -0.3 is 15.1 Å². The topological polar surface area (TPSA) is 31.4 Å². The Morgan fingerprint density at radius 2 is 2.05 bits per heavy atom. The van der Waals surface area contributed by atoms with E-state index in [-0.39, 0.29) is 0 Å². The molecule has 0 unspecified atom stereocenters. The van der Waals surface area contributed by atoms with Gasteiger partial charge in [0.15, 0.2) is 5.13 Å². The molecule has 0 bridgehead atoms. The highest BCUT2D eigenvalue weighted by Crippen LogP contribution is 2.20. The summed E-state index contributed by atoms with van der Waals surface area (Å²) >= 11 is 1.75. The van der Waals surface area contributed by atoms with Crippen LogP contribution in [0.3, 0.4) is 0 Å². The van der Waals surface area contributed by atoms with Crippen LogP contribution in [0.5, 0.6) is 0 Å². The summed E-state index contributed by atoms with van der Waals surface area (Å²) in [7, 11) is 4.24. The van der Waals surface area contributed by atoms with Crippen molar-refractivity contribution < 1.29 is 0 Å². The normalized spacial score (nSPS) is 11.5. The van der Waals surface area contributed by atoms with Crippen molar-refractivity contribution in [3.63, 3.8) is 0 Å². The van der Waals surface area contributed by atoms with Crippen molar-refractivity contribution >= 4 is 16.5 Å². The van der Waals surface area contributed by atoms with Gasteiger partial charge in [-0.25, -0.2) is 4.98 Å². The minimum absolute atomic E-state index is 0.507. The van der Waals surface area contributed by atoms with Crippen LogP contribution in [0.2, 0.25) is 0 Å². The Morgan fingerprint density at radius 3 is 2.63 bits per heavy atom. The summed E-state index contributed by atoms with van der Waals surface area (Å²) in [5.41, 5.74) is 1.15. The van der Waals surface area contributed by atoms with Crippen molar-refractivity contribution in [3.05, 3.63) is 11.1 Å². The Balaban J connectivity index is 2.47. The third-order valence-corrected chi connectivity index (χ3v) is 3.87. The predicted octanol–water partition coefficient (Wildman–Crippen LogP) is 2.42. The van der Waals surface area contributed by atoms with Crippen molar-refractivity contribution in [2.75, 3.05) is 38.6 Å². The molecule has 0 spiro atoms. The molecule has 0 aliphatic carbocycles. The zero-order valence-corrected chi connectivity index (χ0v) is 13.8. The summed E-state index contributed by atoms with van der Waals surface area (Å²) in [6.07, 6.45) is 1.18. The standard InChI is InChI=1S/C14H28N4S/c1-6-18(9-7-8-17(4)5)14-16-13(11-19-14)10-15-12(2)3/h11-12,15H,6-10H2,1-5H3. The molecule has 0 aliphatic rings. The maximum Gasteiger partial charge on any atom is 0.185 e. The minimum atomic E-state index is 0.507. The molecule has 0 fully saturated rings. The fraction of sp³-hybridized carbons (Fsp3) is 0.786. The average molecular weight is 284 g/mol. The second kappa shape index (κ2) is 8.51. The maximum absolute atomic E-state index is 4.72. The Hall–Kier alpha value is -0.650. The van der Waals surface area contributed by atoms with Gasteiger partial charge in [0.25, 0.3) is 0 Å². The SMILES string of the molecule is CCN(CCCN(C)C)c1nc(CNC(C)C)cs1. The molecule has 0 atom stereocenters. The second-order valence-electron chi connectivity index (χ2n) is 5.39. The van der Waals surface area contributed by atoms with Gasteiger partial charge in [-0.1, -0.05) is 13.8 Å². The Bertz CT molecular complexity index is 349. The number of nitrogens with zero attached hydrogens (tertiary/aromatic N) is 3. The number of thiazole rings is 1. The van der Waals surface area contributed by atoms with Gasteiger partial charge in [0, 0.05) is 31.1 Å². The highest BCUT2D eigenvalue weighted by molar-refractivity contribution is 7.13. The van der Waals surface area contributed by atoms with E-state index in [0.717, 1.165) is 37.0 Å². The molecule has 1 aromatic heterocycles. The Morgan fingerprint density at radius 1 is 1.32 bits per heavy atom. The summed E-state index contributed by atoms with van der Waals surface area (Å²) in [5.74, 6) is 0. The van der Waals surface area contributed by atoms with E-state index < -0.39 is 0 Å². The van der Waals surface area contributed by atoms with Crippen LogP contribution in [0, 0.1) is 0 Å². The molecule has 1 heterocycles. The summed E-state index contributed by atoms with van der Waals surface area (Å²) < 4.78 is 0. The van der Waals surface area contributed by atoms with Gasteiger partial charge in [-0.2, -0.15) is 0 Å². The molecule has 1 rings (SSSR count). The molecule has 0 saturated carbocycles. The van der Waals surface area contributed by atoms with Gasteiger partial charge in [0.05, 0.1) is 5.69 Å². The quantitative estimate of drug-likeness (QED) is 0.754. The van der Waals surface area contributed by atoms with Gasteiger partial charge in [-0.3, -0.25) is 0 Å². The third kappa shape index (κ3) is 6.36. The van der Waals surface area contributed by atoms with Gasteiger partial charge in [0.1, 0.15) is 0 Å². The van der Waals surface area contributed by atoms with E-state index in [9.17, 15) is 0 Å². The molecular formula is C14H28N4S. The average Bonchev–Trinajstić information content (AvgIpc) is 2.80. The van der Waals surface area contributed by atoms with Gasteiger partial charge in [-0.05, 0) is 34.0 Å². The molecule has 0 amide bonds. The van der Waals surface area contributed by atoms with E-state index in [4.69, 9.17) is 4.98 Å². The summed E-state index contributed by atoms with van der Waals surface area (Å²) in [4.78, 5) is 9.32. The monoisotopic (exact) mass is 284 g/mol. The van der Waals surface area contributed by atoms with Crippen LogP contribution in [0.15, 0.2) is 5.38 Å². The van der Waals surface area contributed by atoms with Crippen molar-refractivity contribution in [1.82, 2.24) is 15.2 Å². The molecule has 5 heteroatoms. The molecular weight excluding hydrogens is 256 g/mol. The van der Waals surface area contributed by atoms with Crippen LogP contribution >= 0.6 is 11.3 Å². The molecule has 0 saturated heterocycles. The highest BCUT2D eigenvalue weighted by atomic mass is 32.1. The first-order valence-corrected chi connectivity index (χ1v) is 7.98. The first kappa shape index (κ1) is 16.4. The van der Waals surface area contributed by atoms with E-state index >= 15 is 0 Å². The van der Waals surface area contributed by atoms with E-state index in [1.54, 1.807) is 11.3 Å². The number of rotatable bonds is 9. The predicted molar refractivity (Wildman–Crippen MR) is 85.1 cm³/mol. The number of hydrogen-bond acceptors (Lipinski definition) is 5. The van der Waals surface area contributed by atoms with E-state index in [0.29, 0.717) is 6.04 Å². The molecule has 110 valence electrons. The van der Waals surface area contributed by atoms with Crippen LogP contribution in [0.1, 0.15) is 32.9 Å². The smallest absolute Gasteiger partial charge is 0.185 e. The first-order chi connectivity index (χ1) is 9.02. The molecule has 1 N–H and O–H groups in total. The van der Waals surface area contributed by atoms with Gasteiger partial charge in [0.2, 0.25) is 0 Å². The van der Waals surface area contributed by atoms with Gasteiger partial charge >= 0.3 is 0 Å². The lowest BCUT2D eigenvalue weighted by Gasteiger charge is -2.20. The maximum atomic E-state index is 4.72. The highest BCUT2D eigenvalue weighted by Gasteiger charge is 2.09. The summed E-state index contributed by atoms with van der Waals surface area (Å²) in [6.45, 7) is 10.6. The Labute approximate surface area is 121 Å². The molecule has 0 radical (unpaired) electrons. The zero-order valence-electron chi connectivity index (χ0n) is 12.9. The first-order valence-electron chi connectivity index (χ1n) is 7.10. The lowest BCUT2D eigenvalue weighted by Crippen LogP contribution is -2.27. The number of nitrogens with one attached hydrogen (secondary N) is 1. The Kier molecular flexibility index (Phi) is 7.34. The molecule has 0 aliphatic heterocycles. The third-order valence-electron chi connectivity index (χ3n) is 2.92.